The van der Waals surface area contributed by atoms with E-state index in [1.54, 1.807) is 25.1 Å². The average molecular weight is 393 g/mol. The van der Waals surface area contributed by atoms with Crippen molar-refractivity contribution in [1.29, 1.82) is 0 Å². The van der Waals surface area contributed by atoms with Crippen LogP contribution >= 0.6 is 11.6 Å². The molecule has 0 radical (unpaired) electrons. The Kier molecular flexibility index (Phi) is 6.95. The molecule has 27 heavy (non-hydrogen) atoms. The second kappa shape index (κ2) is 9.18. The lowest BCUT2D eigenvalue weighted by molar-refractivity contribution is 0.0955. The zero-order valence-corrected chi connectivity index (χ0v) is 15.8. The minimum Gasteiger partial charge on any atom is -0.494 e. The second-order valence-electron chi connectivity index (χ2n) is 5.80. The van der Waals surface area contributed by atoms with E-state index in [2.05, 4.69) is 15.5 Å². The number of aromatic hydroxyl groups is 1. The molecule has 3 N–H and O–H groups in total. The van der Waals surface area contributed by atoms with Gasteiger partial charge in [0.2, 0.25) is 5.88 Å². The summed E-state index contributed by atoms with van der Waals surface area (Å²) in [6.07, 6.45) is 1.70. The number of benzene rings is 1. The van der Waals surface area contributed by atoms with Crippen LogP contribution in [0.5, 0.6) is 5.88 Å². The van der Waals surface area contributed by atoms with Crippen molar-refractivity contribution in [2.45, 2.75) is 39.7 Å². The SMILES string of the molecule is CCCCn1c(O)c(/C(CC)=N\NC(=O)c2ccccc2Cl)c(=O)[nH]c1=O. The molecule has 0 fully saturated rings. The number of amides is 1. The van der Waals surface area contributed by atoms with Gasteiger partial charge in [0.15, 0.2) is 0 Å². The fourth-order valence-electron chi connectivity index (χ4n) is 2.48. The molecule has 1 amide bonds. The van der Waals surface area contributed by atoms with Crippen LogP contribution in [-0.2, 0) is 6.54 Å². The van der Waals surface area contributed by atoms with Crippen LogP contribution in [0.25, 0.3) is 0 Å². The molecule has 8 nitrogen and oxygen atoms in total. The number of H-pyrrole nitrogens is 1. The number of hydrogen-bond donors (Lipinski definition) is 3. The average Bonchev–Trinajstić information content (AvgIpc) is 2.64. The highest BCUT2D eigenvalue weighted by Gasteiger charge is 2.19. The third kappa shape index (κ3) is 4.65. The molecule has 144 valence electrons. The van der Waals surface area contributed by atoms with E-state index in [1.807, 2.05) is 6.92 Å². The van der Waals surface area contributed by atoms with Crippen molar-refractivity contribution in [3.63, 3.8) is 0 Å². The van der Waals surface area contributed by atoms with Crippen molar-refractivity contribution in [2.24, 2.45) is 5.10 Å². The summed E-state index contributed by atoms with van der Waals surface area (Å²) in [5.74, 6) is -1.02. The van der Waals surface area contributed by atoms with E-state index < -0.39 is 23.0 Å². The highest BCUT2D eigenvalue weighted by molar-refractivity contribution is 6.33. The first-order valence-corrected chi connectivity index (χ1v) is 8.96. The predicted molar refractivity (Wildman–Crippen MR) is 104 cm³/mol. The molecule has 0 aliphatic heterocycles. The largest absolute Gasteiger partial charge is 0.494 e. The van der Waals surface area contributed by atoms with Gasteiger partial charge in [-0.25, -0.2) is 10.2 Å². The van der Waals surface area contributed by atoms with E-state index in [-0.39, 0.29) is 34.8 Å². The van der Waals surface area contributed by atoms with Crippen molar-refractivity contribution >= 4 is 23.2 Å². The van der Waals surface area contributed by atoms with Crippen LogP contribution in [0.3, 0.4) is 0 Å². The number of rotatable bonds is 7. The van der Waals surface area contributed by atoms with Gasteiger partial charge in [-0.2, -0.15) is 5.10 Å². The minimum atomic E-state index is -0.766. The monoisotopic (exact) mass is 392 g/mol. The first kappa shape index (κ1) is 20.4. The van der Waals surface area contributed by atoms with Gasteiger partial charge in [0, 0.05) is 6.54 Å². The van der Waals surface area contributed by atoms with E-state index in [9.17, 15) is 19.5 Å². The van der Waals surface area contributed by atoms with E-state index in [1.165, 1.54) is 6.07 Å². The van der Waals surface area contributed by atoms with Gasteiger partial charge in [-0.3, -0.25) is 19.1 Å². The molecule has 0 unspecified atom stereocenters. The molecule has 0 bridgehead atoms. The molecular formula is C18H21ClN4O4. The Bertz CT molecular complexity index is 978. The molecule has 9 heteroatoms. The number of nitrogens with zero attached hydrogens (tertiary/aromatic N) is 2. The van der Waals surface area contributed by atoms with Gasteiger partial charge in [-0.15, -0.1) is 0 Å². The van der Waals surface area contributed by atoms with E-state index in [0.717, 1.165) is 11.0 Å². The van der Waals surface area contributed by atoms with Crippen LogP contribution in [-0.4, -0.2) is 26.3 Å². The molecule has 1 aromatic heterocycles. The number of nitrogens with one attached hydrogen (secondary N) is 2. The van der Waals surface area contributed by atoms with Crippen molar-refractivity contribution in [2.75, 3.05) is 0 Å². The van der Waals surface area contributed by atoms with Gasteiger partial charge in [0.05, 0.1) is 16.3 Å². The summed E-state index contributed by atoms with van der Waals surface area (Å²) in [6, 6.07) is 6.46. The second-order valence-corrected chi connectivity index (χ2v) is 6.20. The van der Waals surface area contributed by atoms with Crippen molar-refractivity contribution in [3.05, 3.63) is 61.3 Å². The summed E-state index contributed by atoms with van der Waals surface area (Å²) in [5, 5.41) is 14.7. The predicted octanol–water partition coefficient (Wildman–Crippen LogP) is 2.24. The molecule has 2 rings (SSSR count). The van der Waals surface area contributed by atoms with Gasteiger partial charge < -0.3 is 5.11 Å². The standard InChI is InChI=1S/C18H21ClN4O4/c1-3-5-10-23-17(26)14(16(25)20-18(23)27)13(4-2)21-22-15(24)11-8-6-7-9-12(11)19/h6-9,26H,3-5,10H2,1-2H3,(H,22,24)(H,20,25,27)/b21-13-. The van der Waals surface area contributed by atoms with Gasteiger partial charge >= 0.3 is 5.69 Å². The molecule has 0 atom stereocenters. The van der Waals surface area contributed by atoms with Crippen molar-refractivity contribution in [1.82, 2.24) is 15.0 Å². The van der Waals surface area contributed by atoms with Crippen LogP contribution in [0.4, 0.5) is 0 Å². The van der Waals surface area contributed by atoms with E-state index in [0.29, 0.717) is 6.42 Å². The van der Waals surface area contributed by atoms with E-state index in [4.69, 9.17) is 11.6 Å². The number of unbranched alkanes of at least 4 members (excludes halogenated alkanes) is 1. The summed E-state index contributed by atoms with van der Waals surface area (Å²) in [7, 11) is 0. The highest BCUT2D eigenvalue weighted by Crippen LogP contribution is 2.16. The molecule has 1 heterocycles. The fourth-order valence-corrected chi connectivity index (χ4v) is 2.70. The topological polar surface area (TPSA) is 117 Å². The summed E-state index contributed by atoms with van der Waals surface area (Å²) < 4.78 is 1.08. The molecule has 0 spiro atoms. The molecule has 0 aliphatic carbocycles. The zero-order valence-electron chi connectivity index (χ0n) is 15.1. The maximum absolute atomic E-state index is 12.2. The zero-order chi connectivity index (χ0) is 20.0. The quantitative estimate of drug-likeness (QED) is 0.494. The highest BCUT2D eigenvalue weighted by atomic mass is 35.5. The number of hydrogen-bond acceptors (Lipinski definition) is 5. The van der Waals surface area contributed by atoms with Crippen molar-refractivity contribution in [3.8, 4) is 5.88 Å². The molecule has 0 saturated carbocycles. The maximum atomic E-state index is 12.2. The summed E-state index contributed by atoms with van der Waals surface area (Å²) in [4.78, 5) is 38.6. The molecule has 0 saturated heterocycles. The van der Waals surface area contributed by atoms with E-state index >= 15 is 0 Å². The Morgan fingerprint density at radius 1 is 1.30 bits per heavy atom. The normalized spacial score (nSPS) is 11.4. The molecule has 0 aliphatic rings. The molecule has 2 aromatic rings. The third-order valence-electron chi connectivity index (χ3n) is 3.94. The summed E-state index contributed by atoms with van der Waals surface area (Å²) in [5.41, 5.74) is 1.10. The maximum Gasteiger partial charge on any atom is 0.331 e. The lowest BCUT2D eigenvalue weighted by atomic mass is 10.1. The Balaban J connectivity index is 2.41. The molecule has 1 aromatic carbocycles. The Labute approximate surface area is 160 Å². The minimum absolute atomic E-state index is 0.138. The van der Waals surface area contributed by atoms with Crippen LogP contribution in [0.15, 0.2) is 39.0 Å². The molecular weight excluding hydrogens is 372 g/mol. The first-order valence-electron chi connectivity index (χ1n) is 8.58. The Hall–Kier alpha value is -2.87. The van der Waals surface area contributed by atoms with Crippen LogP contribution < -0.4 is 16.7 Å². The summed E-state index contributed by atoms with van der Waals surface area (Å²) in [6.45, 7) is 3.91. The van der Waals surface area contributed by atoms with Crippen LogP contribution in [0.1, 0.15) is 49.0 Å². The Morgan fingerprint density at radius 3 is 2.63 bits per heavy atom. The van der Waals surface area contributed by atoms with Gasteiger partial charge in [0.25, 0.3) is 11.5 Å². The smallest absolute Gasteiger partial charge is 0.331 e. The lowest BCUT2D eigenvalue weighted by Gasteiger charge is -2.12. The van der Waals surface area contributed by atoms with Gasteiger partial charge in [-0.05, 0) is 25.0 Å². The number of carbonyl (C=O) groups excluding carboxylic acids is 1. The number of carbonyl (C=O) groups is 1. The number of hydrazone groups is 1. The van der Waals surface area contributed by atoms with Crippen molar-refractivity contribution < 1.29 is 9.90 Å². The third-order valence-corrected chi connectivity index (χ3v) is 4.27. The van der Waals surface area contributed by atoms with Gasteiger partial charge in [0.1, 0.15) is 5.56 Å². The van der Waals surface area contributed by atoms with Crippen LogP contribution in [0.2, 0.25) is 5.02 Å². The fraction of sp³-hybridized carbons (Fsp3) is 0.333. The number of aromatic amines is 1. The summed E-state index contributed by atoms with van der Waals surface area (Å²) >= 11 is 5.98. The van der Waals surface area contributed by atoms with Crippen LogP contribution in [0, 0.1) is 0 Å². The number of aromatic nitrogens is 2. The lowest BCUT2D eigenvalue weighted by Crippen LogP contribution is -2.34. The first-order chi connectivity index (χ1) is 12.9. The number of halogens is 1. The Morgan fingerprint density at radius 2 is 2.00 bits per heavy atom. The van der Waals surface area contributed by atoms with Gasteiger partial charge in [-0.1, -0.05) is 44.0 Å².